The van der Waals surface area contributed by atoms with Crippen LogP contribution in [0, 0.1) is 0 Å². The van der Waals surface area contributed by atoms with Gasteiger partial charge in [-0.15, -0.1) is 0 Å². The predicted octanol–water partition coefficient (Wildman–Crippen LogP) is 2.37. The van der Waals surface area contributed by atoms with Crippen LogP contribution in [0.4, 0.5) is 4.79 Å². The number of ether oxygens (including phenoxy) is 2. The number of nitrogens with one attached hydrogen (secondary N) is 1. The number of fused-ring (bicyclic) bond motifs is 3. The highest BCUT2D eigenvalue weighted by Gasteiger charge is 2.50. The van der Waals surface area contributed by atoms with Crippen LogP contribution in [0.25, 0.3) is 11.1 Å². The highest BCUT2D eigenvalue weighted by molar-refractivity contribution is 5.88. The molecule has 1 aliphatic carbocycles. The first-order valence-electron chi connectivity index (χ1n) is 11.7. The molecule has 2 aromatic carbocycles. The summed E-state index contributed by atoms with van der Waals surface area (Å²) in [5.41, 5.74) is 3.01. The third kappa shape index (κ3) is 4.87. The molecule has 4 rings (SSSR count). The Hall–Kier alpha value is -3.43. The minimum absolute atomic E-state index is 0.0836. The zero-order valence-corrected chi connectivity index (χ0v) is 19.6. The van der Waals surface area contributed by atoms with E-state index in [4.69, 9.17) is 9.47 Å². The lowest BCUT2D eigenvalue weighted by molar-refractivity contribution is -0.161. The van der Waals surface area contributed by atoms with E-state index in [1.165, 1.54) is 12.0 Å². The van der Waals surface area contributed by atoms with Crippen molar-refractivity contribution in [1.82, 2.24) is 10.2 Å². The molecule has 2 atom stereocenters. The number of alkyl carbamates (subject to hydrolysis) is 1. The summed E-state index contributed by atoms with van der Waals surface area (Å²) in [4.78, 5) is 38.2. The Morgan fingerprint density at radius 2 is 1.74 bits per heavy atom. The molecular weight excluding hydrogens is 452 g/mol. The molecule has 1 saturated heterocycles. The maximum Gasteiger partial charge on any atom is 0.407 e. The number of carboxylic acid groups (broad SMARTS) is 1. The fraction of sp³-hybridized carbons (Fsp3) is 0.423. The second kappa shape index (κ2) is 10.5. The zero-order chi connectivity index (χ0) is 25.0. The number of nitrogens with zero attached hydrogens (tertiary/aromatic N) is 1. The summed E-state index contributed by atoms with van der Waals surface area (Å²) in [7, 11) is 1.39. The van der Waals surface area contributed by atoms with Gasteiger partial charge in [0.2, 0.25) is 5.91 Å². The average Bonchev–Trinajstić information content (AvgIpc) is 3.42. The number of methoxy groups -OCH3 is 1. The van der Waals surface area contributed by atoms with Crippen LogP contribution in [-0.2, 0) is 19.1 Å². The van der Waals surface area contributed by atoms with E-state index in [-0.39, 0.29) is 45.1 Å². The number of carbonyl (C=O) groups excluding carboxylic acids is 2. The number of hydrogen-bond donors (Lipinski definition) is 3. The molecule has 2 amide bonds. The number of benzene rings is 2. The van der Waals surface area contributed by atoms with Crippen molar-refractivity contribution < 1.29 is 34.1 Å². The van der Waals surface area contributed by atoms with Crippen LogP contribution in [0.3, 0.4) is 0 Å². The largest absolute Gasteiger partial charge is 0.479 e. The van der Waals surface area contributed by atoms with Crippen LogP contribution < -0.4 is 5.32 Å². The maximum absolute atomic E-state index is 12.7. The molecule has 2 aliphatic rings. The average molecular weight is 483 g/mol. The lowest BCUT2D eigenvalue weighted by Gasteiger charge is -2.34. The van der Waals surface area contributed by atoms with Crippen molar-refractivity contribution in [2.75, 3.05) is 33.4 Å². The number of rotatable bonds is 9. The first kappa shape index (κ1) is 24.7. The summed E-state index contributed by atoms with van der Waals surface area (Å²) in [6.07, 6.45) is -1.37. The highest BCUT2D eigenvalue weighted by Crippen LogP contribution is 2.44. The quantitative estimate of drug-likeness (QED) is 0.501. The predicted molar refractivity (Wildman–Crippen MR) is 127 cm³/mol. The number of likely N-dealkylation sites (tertiary alicyclic amines) is 1. The summed E-state index contributed by atoms with van der Waals surface area (Å²) in [6, 6.07) is 16.0. The van der Waals surface area contributed by atoms with Crippen LogP contribution >= 0.6 is 0 Å². The lowest BCUT2D eigenvalue weighted by atomic mass is 9.97. The molecule has 0 bridgehead atoms. The molecule has 3 N–H and O–H groups in total. The van der Waals surface area contributed by atoms with Gasteiger partial charge in [-0.25, -0.2) is 9.59 Å². The van der Waals surface area contributed by atoms with E-state index < -0.39 is 29.6 Å². The van der Waals surface area contributed by atoms with Gasteiger partial charge in [0.1, 0.15) is 6.61 Å². The van der Waals surface area contributed by atoms with E-state index in [1.54, 1.807) is 0 Å². The van der Waals surface area contributed by atoms with E-state index in [0.717, 1.165) is 22.3 Å². The minimum atomic E-state index is -1.42. The van der Waals surface area contributed by atoms with Gasteiger partial charge in [0.15, 0.2) is 5.54 Å². The second-order valence-corrected chi connectivity index (χ2v) is 8.98. The van der Waals surface area contributed by atoms with Gasteiger partial charge < -0.3 is 29.9 Å². The van der Waals surface area contributed by atoms with Gasteiger partial charge in [0.25, 0.3) is 0 Å². The molecule has 9 heteroatoms. The van der Waals surface area contributed by atoms with Crippen molar-refractivity contribution in [3.8, 4) is 11.1 Å². The van der Waals surface area contributed by atoms with Crippen molar-refractivity contribution >= 4 is 18.0 Å². The fourth-order valence-corrected chi connectivity index (χ4v) is 5.15. The SMILES string of the molecule is COCC1(C(=O)O)CCCN1C(=O)CC(O)CNC(=O)OCC1c2ccccc2-c2ccccc21. The molecule has 1 aliphatic heterocycles. The number of aliphatic hydroxyl groups is 1. The van der Waals surface area contributed by atoms with Crippen LogP contribution in [-0.4, -0.2) is 78.1 Å². The van der Waals surface area contributed by atoms with Crippen LogP contribution in [0.5, 0.6) is 0 Å². The fourth-order valence-electron chi connectivity index (χ4n) is 5.15. The number of hydrogen-bond acceptors (Lipinski definition) is 6. The standard InChI is InChI=1S/C26H30N2O7/c1-34-16-26(24(31)32)11-6-12-28(26)23(30)13-17(29)14-27-25(33)35-15-22-20-9-4-2-7-18(20)19-8-3-5-10-21(19)22/h2-5,7-10,17,22,29H,6,11-16H2,1H3,(H,27,33)(H,31,32). The van der Waals surface area contributed by atoms with Gasteiger partial charge in [-0.2, -0.15) is 0 Å². The summed E-state index contributed by atoms with van der Waals surface area (Å²) in [5.74, 6) is -1.71. The maximum atomic E-state index is 12.7. The highest BCUT2D eigenvalue weighted by atomic mass is 16.5. The zero-order valence-electron chi connectivity index (χ0n) is 19.6. The molecule has 1 fully saturated rings. The van der Waals surface area contributed by atoms with E-state index in [1.807, 2.05) is 48.5 Å². The Morgan fingerprint density at radius 3 is 2.34 bits per heavy atom. The molecule has 0 spiro atoms. The van der Waals surface area contributed by atoms with Gasteiger partial charge in [-0.05, 0) is 35.1 Å². The van der Waals surface area contributed by atoms with Crippen molar-refractivity contribution in [2.45, 2.75) is 36.8 Å². The summed E-state index contributed by atoms with van der Waals surface area (Å²) in [6.45, 7) is 0.102. The van der Waals surface area contributed by atoms with E-state index in [0.29, 0.717) is 6.42 Å². The lowest BCUT2D eigenvalue weighted by Crippen LogP contribution is -2.56. The van der Waals surface area contributed by atoms with Gasteiger partial charge in [0, 0.05) is 26.1 Å². The third-order valence-corrected chi connectivity index (χ3v) is 6.81. The Kier molecular flexibility index (Phi) is 7.37. The molecular formula is C26H30N2O7. The Labute approximate surface area is 203 Å². The number of aliphatic hydroxyl groups excluding tert-OH is 1. The summed E-state index contributed by atoms with van der Waals surface area (Å²) < 4.78 is 10.5. The number of carbonyl (C=O) groups is 3. The molecule has 35 heavy (non-hydrogen) atoms. The molecule has 186 valence electrons. The summed E-state index contributed by atoms with van der Waals surface area (Å²) >= 11 is 0. The van der Waals surface area contributed by atoms with E-state index in [2.05, 4.69) is 5.32 Å². The Bertz CT molecular complexity index is 1060. The van der Waals surface area contributed by atoms with E-state index in [9.17, 15) is 24.6 Å². The first-order chi connectivity index (χ1) is 16.9. The first-order valence-corrected chi connectivity index (χ1v) is 11.7. The summed E-state index contributed by atoms with van der Waals surface area (Å²) in [5, 5.41) is 22.5. The third-order valence-electron chi connectivity index (χ3n) is 6.81. The van der Waals surface area contributed by atoms with Crippen molar-refractivity contribution in [3.63, 3.8) is 0 Å². The van der Waals surface area contributed by atoms with Gasteiger partial charge in [-0.3, -0.25) is 4.79 Å². The molecule has 0 radical (unpaired) electrons. The van der Waals surface area contributed by atoms with Gasteiger partial charge in [-0.1, -0.05) is 48.5 Å². The number of amides is 2. The normalized spacial score (nSPS) is 19.7. The van der Waals surface area contributed by atoms with Crippen LogP contribution in [0.1, 0.15) is 36.3 Å². The van der Waals surface area contributed by atoms with E-state index >= 15 is 0 Å². The number of aliphatic carboxylic acids is 1. The molecule has 0 aromatic heterocycles. The monoisotopic (exact) mass is 482 g/mol. The second-order valence-electron chi connectivity index (χ2n) is 8.98. The van der Waals surface area contributed by atoms with Crippen molar-refractivity contribution in [2.24, 2.45) is 0 Å². The molecule has 9 nitrogen and oxygen atoms in total. The molecule has 0 saturated carbocycles. The molecule has 1 heterocycles. The molecule has 2 unspecified atom stereocenters. The van der Waals surface area contributed by atoms with Gasteiger partial charge in [0.05, 0.1) is 19.1 Å². The molecule has 2 aromatic rings. The Balaban J connectivity index is 1.29. The minimum Gasteiger partial charge on any atom is -0.479 e. The topological polar surface area (TPSA) is 125 Å². The number of carboxylic acids is 1. The van der Waals surface area contributed by atoms with Crippen molar-refractivity contribution in [1.29, 1.82) is 0 Å². The smallest absolute Gasteiger partial charge is 0.407 e. The van der Waals surface area contributed by atoms with Crippen molar-refractivity contribution in [3.05, 3.63) is 59.7 Å². The van der Waals surface area contributed by atoms with Crippen LogP contribution in [0.2, 0.25) is 0 Å². The van der Waals surface area contributed by atoms with Crippen LogP contribution in [0.15, 0.2) is 48.5 Å². The Morgan fingerprint density at radius 1 is 1.11 bits per heavy atom. The van der Waals surface area contributed by atoms with Gasteiger partial charge >= 0.3 is 12.1 Å².